The van der Waals surface area contributed by atoms with E-state index in [2.05, 4.69) is 36.0 Å². The maximum atomic E-state index is 12.9. The molecule has 0 saturated heterocycles. The van der Waals surface area contributed by atoms with Crippen LogP contribution in [0.3, 0.4) is 0 Å². The van der Waals surface area contributed by atoms with Crippen molar-refractivity contribution in [3.63, 3.8) is 0 Å². The van der Waals surface area contributed by atoms with E-state index in [1.807, 2.05) is 6.07 Å². The highest BCUT2D eigenvalue weighted by atomic mass is 79.9. The Morgan fingerprint density at radius 3 is 2.53 bits per heavy atom. The van der Waals surface area contributed by atoms with Gasteiger partial charge in [-0.15, -0.1) is 5.10 Å². The second-order valence-corrected chi connectivity index (χ2v) is 8.36. The van der Waals surface area contributed by atoms with Gasteiger partial charge in [-0.3, -0.25) is 0 Å². The second kappa shape index (κ2) is 8.34. The molecule has 158 valence electrons. The van der Waals surface area contributed by atoms with Gasteiger partial charge in [-0.05, 0) is 62.7 Å². The Balaban J connectivity index is 2.15. The normalized spacial score (nSPS) is 11.6. The lowest BCUT2D eigenvalue weighted by Crippen LogP contribution is -2.43. The summed E-state index contributed by atoms with van der Waals surface area (Å²) in [5, 5.41) is 4.37. The predicted molar refractivity (Wildman–Crippen MR) is 112 cm³/mol. The van der Waals surface area contributed by atoms with E-state index in [9.17, 15) is 9.59 Å². The van der Waals surface area contributed by atoms with Crippen LogP contribution in [0.25, 0.3) is 17.2 Å². The zero-order valence-electron chi connectivity index (χ0n) is 17.2. The van der Waals surface area contributed by atoms with E-state index in [1.165, 1.54) is 6.20 Å². The molecule has 10 nitrogen and oxygen atoms in total. The number of carbonyl (C=O) groups excluding carboxylic acids is 2. The van der Waals surface area contributed by atoms with E-state index in [-0.39, 0.29) is 17.3 Å². The predicted octanol–water partition coefficient (Wildman–Crippen LogP) is 4.24. The summed E-state index contributed by atoms with van der Waals surface area (Å²) in [5.74, 6) is 0.0740. The van der Waals surface area contributed by atoms with E-state index < -0.39 is 23.9 Å². The molecule has 0 bridgehead atoms. The van der Waals surface area contributed by atoms with Crippen LogP contribution < -0.4 is 4.90 Å². The van der Waals surface area contributed by atoms with Crippen molar-refractivity contribution < 1.29 is 19.1 Å². The number of halogens is 1. The van der Waals surface area contributed by atoms with Crippen molar-refractivity contribution in [3.05, 3.63) is 35.2 Å². The molecule has 0 aliphatic carbocycles. The van der Waals surface area contributed by atoms with Crippen molar-refractivity contribution in [2.45, 2.75) is 46.3 Å². The zero-order valence-corrected chi connectivity index (χ0v) is 18.7. The number of hydrogen-bond donors (Lipinski definition) is 0. The van der Waals surface area contributed by atoms with Crippen LogP contribution in [0, 0.1) is 0 Å². The highest BCUT2D eigenvalue weighted by Crippen LogP contribution is 2.29. The van der Waals surface area contributed by atoms with E-state index in [1.54, 1.807) is 57.5 Å². The standard InChI is InChI=1S/C19H21BrN6O4/c1-11(2)29-17(27)26(18(28)30-19(3,4)5)16-14(22-12(20)10-21-16)15-23-13-8-6-7-9-25(13)24-15/h6-11H,1-5H3. The fourth-order valence-corrected chi connectivity index (χ4v) is 2.70. The van der Waals surface area contributed by atoms with Crippen LogP contribution >= 0.6 is 15.9 Å². The number of nitrogens with zero attached hydrogens (tertiary/aromatic N) is 6. The third-order valence-corrected chi connectivity index (χ3v) is 3.87. The quantitative estimate of drug-likeness (QED) is 0.551. The minimum absolute atomic E-state index is 0.103. The number of ether oxygens (including phenoxy) is 2. The number of amides is 2. The summed E-state index contributed by atoms with van der Waals surface area (Å²) in [6, 6.07) is 5.38. The summed E-state index contributed by atoms with van der Waals surface area (Å²) in [6.07, 6.45) is 0.711. The molecule has 11 heteroatoms. The molecule has 0 spiro atoms. The van der Waals surface area contributed by atoms with Gasteiger partial charge in [0.2, 0.25) is 5.82 Å². The Hall–Kier alpha value is -3.08. The fraction of sp³-hybridized carbons (Fsp3) is 0.368. The second-order valence-electron chi connectivity index (χ2n) is 7.55. The third kappa shape index (κ3) is 4.90. The van der Waals surface area contributed by atoms with Gasteiger partial charge in [0, 0.05) is 6.20 Å². The van der Waals surface area contributed by atoms with Gasteiger partial charge in [0.25, 0.3) is 0 Å². The SMILES string of the molecule is CC(C)OC(=O)N(C(=O)OC(C)(C)C)c1ncc(Br)nc1-c1nc2ccccn2n1. The summed E-state index contributed by atoms with van der Waals surface area (Å²) in [7, 11) is 0. The lowest BCUT2D eigenvalue weighted by molar-refractivity contribution is 0.0552. The van der Waals surface area contributed by atoms with Gasteiger partial charge in [-0.1, -0.05) is 6.07 Å². The van der Waals surface area contributed by atoms with Gasteiger partial charge in [-0.2, -0.15) is 4.90 Å². The highest BCUT2D eigenvalue weighted by Gasteiger charge is 2.35. The van der Waals surface area contributed by atoms with Crippen LogP contribution in [-0.2, 0) is 9.47 Å². The number of imide groups is 1. The molecule has 30 heavy (non-hydrogen) atoms. The number of anilines is 1. The molecule has 0 aliphatic heterocycles. The zero-order chi connectivity index (χ0) is 22.1. The molecule has 3 aromatic heterocycles. The number of pyridine rings is 1. The summed E-state index contributed by atoms with van der Waals surface area (Å²) >= 11 is 3.26. The first-order valence-electron chi connectivity index (χ1n) is 9.13. The van der Waals surface area contributed by atoms with Crippen LogP contribution in [0.2, 0.25) is 0 Å². The number of carbonyl (C=O) groups is 2. The molecule has 0 fully saturated rings. The minimum Gasteiger partial charge on any atom is -0.446 e. The Labute approximate surface area is 181 Å². The first-order valence-corrected chi connectivity index (χ1v) is 9.92. The molecule has 3 heterocycles. The fourth-order valence-electron chi connectivity index (χ4n) is 2.42. The molecule has 0 aliphatic rings. The molecular weight excluding hydrogens is 456 g/mol. The van der Waals surface area contributed by atoms with Crippen molar-refractivity contribution in [1.29, 1.82) is 0 Å². The molecule has 2 amide bonds. The van der Waals surface area contributed by atoms with Crippen LogP contribution in [0.1, 0.15) is 34.6 Å². The van der Waals surface area contributed by atoms with Gasteiger partial charge in [0.05, 0.1) is 12.3 Å². The van der Waals surface area contributed by atoms with Crippen LogP contribution in [0.4, 0.5) is 15.4 Å². The third-order valence-electron chi connectivity index (χ3n) is 3.48. The summed E-state index contributed by atoms with van der Waals surface area (Å²) in [6.45, 7) is 8.41. The maximum absolute atomic E-state index is 12.9. The van der Waals surface area contributed by atoms with Gasteiger partial charge in [0.1, 0.15) is 10.2 Å². The first kappa shape index (κ1) is 21.6. The van der Waals surface area contributed by atoms with Crippen molar-refractivity contribution >= 4 is 39.6 Å². The summed E-state index contributed by atoms with van der Waals surface area (Å²) < 4.78 is 12.6. The van der Waals surface area contributed by atoms with Crippen molar-refractivity contribution in [1.82, 2.24) is 24.6 Å². The lowest BCUT2D eigenvalue weighted by Gasteiger charge is -2.26. The molecular formula is C19H21BrN6O4. The maximum Gasteiger partial charge on any atom is 0.425 e. The molecule has 3 aromatic rings. The molecule has 0 N–H and O–H groups in total. The molecule has 0 unspecified atom stereocenters. The van der Waals surface area contributed by atoms with Gasteiger partial charge >= 0.3 is 12.2 Å². The summed E-state index contributed by atoms with van der Waals surface area (Å²) in [4.78, 5) is 39.4. The Kier molecular flexibility index (Phi) is 6.01. The van der Waals surface area contributed by atoms with Gasteiger partial charge < -0.3 is 9.47 Å². The van der Waals surface area contributed by atoms with E-state index in [0.717, 1.165) is 0 Å². The average molecular weight is 477 g/mol. The van der Waals surface area contributed by atoms with Gasteiger partial charge in [0.15, 0.2) is 17.2 Å². The monoisotopic (exact) mass is 476 g/mol. The number of aromatic nitrogens is 5. The summed E-state index contributed by atoms with van der Waals surface area (Å²) in [5.41, 5.74) is -0.175. The van der Waals surface area contributed by atoms with E-state index in [0.29, 0.717) is 15.2 Å². The van der Waals surface area contributed by atoms with Crippen LogP contribution in [0.5, 0.6) is 0 Å². The van der Waals surface area contributed by atoms with E-state index in [4.69, 9.17) is 9.47 Å². The van der Waals surface area contributed by atoms with Crippen LogP contribution in [-0.4, -0.2) is 48.5 Å². The van der Waals surface area contributed by atoms with Gasteiger partial charge in [-0.25, -0.2) is 29.1 Å². The van der Waals surface area contributed by atoms with Crippen molar-refractivity contribution in [2.75, 3.05) is 4.90 Å². The largest absolute Gasteiger partial charge is 0.446 e. The Bertz CT molecular complexity index is 1060. The number of fused-ring (bicyclic) bond motifs is 1. The lowest BCUT2D eigenvalue weighted by atomic mass is 10.2. The number of rotatable bonds is 3. The smallest absolute Gasteiger partial charge is 0.425 e. The number of hydrogen-bond acceptors (Lipinski definition) is 8. The molecule has 0 radical (unpaired) electrons. The molecule has 0 atom stereocenters. The highest BCUT2D eigenvalue weighted by molar-refractivity contribution is 9.10. The topological polar surface area (TPSA) is 112 Å². The first-order chi connectivity index (χ1) is 14.0. The van der Waals surface area contributed by atoms with Crippen LogP contribution in [0.15, 0.2) is 35.2 Å². The molecule has 3 rings (SSSR count). The van der Waals surface area contributed by atoms with Crippen molar-refractivity contribution in [3.8, 4) is 11.5 Å². The Morgan fingerprint density at radius 1 is 1.17 bits per heavy atom. The minimum atomic E-state index is -0.949. The van der Waals surface area contributed by atoms with Crippen molar-refractivity contribution in [2.24, 2.45) is 0 Å². The Morgan fingerprint density at radius 2 is 1.90 bits per heavy atom. The average Bonchev–Trinajstić information content (AvgIpc) is 3.05. The molecule has 0 saturated carbocycles. The molecule has 0 aromatic carbocycles. The van der Waals surface area contributed by atoms with E-state index >= 15 is 0 Å².